The first-order valence-electron chi connectivity index (χ1n) is 7.50. The third-order valence-electron chi connectivity index (χ3n) is 3.97. The van der Waals surface area contributed by atoms with Gasteiger partial charge in [0, 0.05) is 19.2 Å². The van der Waals surface area contributed by atoms with Crippen LogP contribution in [0.2, 0.25) is 0 Å². The maximum Gasteiger partial charge on any atom is 0.148 e. The number of nitrogens with zero attached hydrogens (tertiary/aromatic N) is 1. The van der Waals surface area contributed by atoms with Crippen LogP contribution < -0.4 is 0 Å². The van der Waals surface area contributed by atoms with E-state index >= 15 is 0 Å². The van der Waals surface area contributed by atoms with Gasteiger partial charge in [0.05, 0.1) is 11.8 Å². The molecule has 0 saturated carbocycles. The molecule has 114 valence electrons. The summed E-state index contributed by atoms with van der Waals surface area (Å²) in [6.07, 6.45) is 6.80. The lowest BCUT2D eigenvalue weighted by atomic mass is 10.1. The zero-order chi connectivity index (χ0) is 14.6. The van der Waals surface area contributed by atoms with Crippen molar-refractivity contribution in [2.75, 3.05) is 25.1 Å². The SMILES string of the molecule is CCc1ccc([C@H]2CCCCCN2CCS(C)(=O)=O)o1. The maximum absolute atomic E-state index is 11.4. The van der Waals surface area contributed by atoms with Crippen molar-refractivity contribution in [2.45, 2.75) is 45.1 Å². The number of hydrogen-bond acceptors (Lipinski definition) is 4. The molecule has 1 aromatic rings. The summed E-state index contributed by atoms with van der Waals surface area (Å²) in [6.45, 7) is 3.64. The fourth-order valence-electron chi connectivity index (χ4n) is 2.80. The van der Waals surface area contributed by atoms with Crippen LogP contribution in [0.3, 0.4) is 0 Å². The minimum Gasteiger partial charge on any atom is -0.464 e. The third kappa shape index (κ3) is 4.35. The summed E-state index contributed by atoms with van der Waals surface area (Å²) in [6, 6.07) is 4.33. The second-order valence-corrected chi connectivity index (χ2v) is 7.95. The van der Waals surface area contributed by atoms with Crippen molar-refractivity contribution in [1.29, 1.82) is 0 Å². The van der Waals surface area contributed by atoms with Crippen LogP contribution in [0.15, 0.2) is 16.5 Å². The summed E-state index contributed by atoms with van der Waals surface area (Å²) in [4.78, 5) is 2.28. The first-order chi connectivity index (χ1) is 9.49. The van der Waals surface area contributed by atoms with Crippen molar-refractivity contribution in [3.05, 3.63) is 23.7 Å². The summed E-state index contributed by atoms with van der Waals surface area (Å²) in [7, 11) is -2.91. The molecule has 0 radical (unpaired) electrons. The van der Waals surface area contributed by atoms with Crippen LogP contribution in [0.4, 0.5) is 0 Å². The molecule has 0 unspecified atom stereocenters. The second kappa shape index (κ2) is 6.76. The van der Waals surface area contributed by atoms with Crippen molar-refractivity contribution in [3.8, 4) is 0 Å². The standard InChI is InChI=1S/C15H25NO3S/c1-3-13-8-9-15(19-13)14-7-5-4-6-10-16(14)11-12-20(2,17)18/h8-9,14H,3-7,10-12H2,1-2H3/t14-/m1/s1. The topological polar surface area (TPSA) is 50.5 Å². The first kappa shape index (κ1) is 15.6. The predicted molar refractivity (Wildman–Crippen MR) is 80.6 cm³/mol. The number of furan rings is 1. The van der Waals surface area contributed by atoms with Crippen LogP contribution >= 0.6 is 0 Å². The predicted octanol–water partition coefficient (Wildman–Crippen LogP) is 2.80. The molecule has 0 N–H and O–H groups in total. The minimum atomic E-state index is -2.91. The van der Waals surface area contributed by atoms with Crippen molar-refractivity contribution in [1.82, 2.24) is 4.90 Å². The Morgan fingerprint density at radius 3 is 2.75 bits per heavy atom. The Morgan fingerprint density at radius 2 is 2.10 bits per heavy atom. The van der Waals surface area contributed by atoms with Gasteiger partial charge in [-0.05, 0) is 31.5 Å². The molecule has 1 saturated heterocycles. The number of hydrogen-bond donors (Lipinski definition) is 0. The van der Waals surface area contributed by atoms with Gasteiger partial charge in [0.2, 0.25) is 0 Å². The van der Waals surface area contributed by atoms with Gasteiger partial charge in [-0.2, -0.15) is 0 Å². The summed E-state index contributed by atoms with van der Waals surface area (Å²) in [5.74, 6) is 2.23. The zero-order valence-electron chi connectivity index (χ0n) is 12.5. The molecule has 0 bridgehead atoms. The van der Waals surface area contributed by atoms with Crippen LogP contribution in [-0.4, -0.2) is 38.4 Å². The summed E-state index contributed by atoms with van der Waals surface area (Å²) in [5, 5.41) is 0. The van der Waals surface area contributed by atoms with Crippen LogP contribution in [0.5, 0.6) is 0 Å². The highest BCUT2D eigenvalue weighted by Crippen LogP contribution is 2.31. The molecule has 4 nitrogen and oxygen atoms in total. The van der Waals surface area contributed by atoms with E-state index in [0.29, 0.717) is 6.54 Å². The molecule has 1 aliphatic rings. The monoisotopic (exact) mass is 299 g/mol. The van der Waals surface area contributed by atoms with Crippen molar-refractivity contribution >= 4 is 9.84 Å². The van der Waals surface area contributed by atoms with Gasteiger partial charge in [-0.25, -0.2) is 8.42 Å². The van der Waals surface area contributed by atoms with Crippen molar-refractivity contribution in [3.63, 3.8) is 0 Å². The maximum atomic E-state index is 11.4. The Kier molecular flexibility index (Phi) is 5.27. The average molecular weight is 299 g/mol. The van der Waals surface area contributed by atoms with E-state index in [1.807, 2.05) is 6.07 Å². The highest BCUT2D eigenvalue weighted by atomic mass is 32.2. The average Bonchev–Trinajstić information content (AvgIpc) is 2.74. The van der Waals surface area contributed by atoms with Gasteiger partial charge in [0.15, 0.2) is 0 Å². The molecule has 0 aliphatic carbocycles. The second-order valence-electron chi connectivity index (χ2n) is 5.69. The third-order valence-corrected chi connectivity index (χ3v) is 4.90. The lowest BCUT2D eigenvalue weighted by Gasteiger charge is -2.28. The Labute approximate surface area is 122 Å². The largest absolute Gasteiger partial charge is 0.464 e. The normalized spacial score (nSPS) is 21.8. The van der Waals surface area contributed by atoms with E-state index in [2.05, 4.69) is 17.9 Å². The molecule has 1 atom stereocenters. The molecule has 1 fully saturated rings. The smallest absolute Gasteiger partial charge is 0.148 e. The molecule has 1 aromatic heterocycles. The van der Waals surface area contributed by atoms with Crippen LogP contribution in [0.25, 0.3) is 0 Å². The molecule has 5 heteroatoms. The number of sulfone groups is 1. The molecule has 0 amide bonds. The van der Waals surface area contributed by atoms with Crippen LogP contribution in [-0.2, 0) is 16.3 Å². The summed E-state index contributed by atoms with van der Waals surface area (Å²) < 4.78 is 28.7. The summed E-state index contributed by atoms with van der Waals surface area (Å²) >= 11 is 0. The molecule has 20 heavy (non-hydrogen) atoms. The Hall–Kier alpha value is -0.810. The molecule has 1 aliphatic heterocycles. The molecule has 0 aromatic carbocycles. The fraction of sp³-hybridized carbons (Fsp3) is 0.733. The Balaban J connectivity index is 2.12. The van der Waals surface area contributed by atoms with Gasteiger partial charge in [-0.1, -0.05) is 19.8 Å². The Bertz CT molecular complexity index is 521. The van der Waals surface area contributed by atoms with Crippen LogP contribution in [0.1, 0.15) is 50.2 Å². The number of rotatable bonds is 5. The van der Waals surface area contributed by atoms with E-state index in [4.69, 9.17) is 4.42 Å². The Morgan fingerprint density at radius 1 is 1.30 bits per heavy atom. The number of aryl methyl sites for hydroxylation is 1. The fourth-order valence-corrected chi connectivity index (χ4v) is 3.37. The number of likely N-dealkylation sites (tertiary alicyclic amines) is 1. The zero-order valence-corrected chi connectivity index (χ0v) is 13.3. The van der Waals surface area contributed by atoms with Gasteiger partial charge in [-0.15, -0.1) is 0 Å². The molecule has 2 heterocycles. The quantitative estimate of drug-likeness (QED) is 0.839. The highest BCUT2D eigenvalue weighted by molar-refractivity contribution is 7.90. The van der Waals surface area contributed by atoms with Gasteiger partial charge < -0.3 is 4.42 Å². The molecule has 2 rings (SSSR count). The van der Waals surface area contributed by atoms with E-state index in [9.17, 15) is 8.42 Å². The van der Waals surface area contributed by atoms with E-state index in [1.54, 1.807) is 0 Å². The minimum absolute atomic E-state index is 0.227. The van der Waals surface area contributed by atoms with Gasteiger partial charge in [-0.3, -0.25) is 4.90 Å². The first-order valence-corrected chi connectivity index (χ1v) is 9.56. The van der Waals surface area contributed by atoms with Crippen molar-refractivity contribution in [2.24, 2.45) is 0 Å². The van der Waals surface area contributed by atoms with E-state index in [0.717, 1.165) is 37.3 Å². The van der Waals surface area contributed by atoms with Gasteiger partial charge in [0.25, 0.3) is 0 Å². The summed E-state index contributed by atoms with van der Waals surface area (Å²) in [5.41, 5.74) is 0. The molecule has 0 spiro atoms. The molecular weight excluding hydrogens is 274 g/mol. The van der Waals surface area contributed by atoms with Gasteiger partial charge in [0.1, 0.15) is 21.4 Å². The van der Waals surface area contributed by atoms with Crippen LogP contribution in [0, 0.1) is 0 Å². The highest BCUT2D eigenvalue weighted by Gasteiger charge is 2.25. The lowest BCUT2D eigenvalue weighted by molar-refractivity contribution is 0.186. The van der Waals surface area contributed by atoms with Crippen molar-refractivity contribution < 1.29 is 12.8 Å². The van der Waals surface area contributed by atoms with E-state index in [1.165, 1.54) is 19.1 Å². The van der Waals surface area contributed by atoms with E-state index in [-0.39, 0.29) is 11.8 Å². The molecular formula is C15H25NO3S. The lowest BCUT2D eigenvalue weighted by Crippen LogP contribution is -2.32. The van der Waals surface area contributed by atoms with Gasteiger partial charge >= 0.3 is 0 Å². The van der Waals surface area contributed by atoms with E-state index < -0.39 is 9.84 Å².